The minimum Gasteiger partial charge on any atom is -0.480 e. The fourth-order valence-corrected chi connectivity index (χ4v) is 1.58. The smallest absolute Gasteiger partial charge is 0.322 e. The molecule has 4 heteroatoms. The van der Waals surface area contributed by atoms with Crippen molar-refractivity contribution in [1.82, 2.24) is 5.43 Å². The summed E-state index contributed by atoms with van der Waals surface area (Å²) < 4.78 is 0. The molecule has 0 saturated heterocycles. The van der Waals surface area contributed by atoms with E-state index in [1.165, 1.54) is 0 Å². The maximum Gasteiger partial charge on any atom is 0.322 e. The summed E-state index contributed by atoms with van der Waals surface area (Å²) in [5.74, 6) is -0.891. The highest BCUT2D eigenvalue weighted by Crippen LogP contribution is 2.22. The quantitative estimate of drug-likeness (QED) is 0.705. The van der Waals surface area contributed by atoms with Gasteiger partial charge in [0.1, 0.15) is 6.04 Å². The van der Waals surface area contributed by atoms with Gasteiger partial charge < -0.3 is 10.5 Å². The number of rotatable bonds is 4. The third-order valence-electron chi connectivity index (χ3n) is 2.58. The maximum atomic E-state index is 10.7. The van der Waals surface area contributed by atoms with Crippen LogP contribution in [0, 0.1) is 0 Å². The van der Waals surface area contributed by atoms with Gasteiger partial charge in [0.15, 0.2) is 0 Å². The number of aliphatic carboxylic acids is 1. The molecule has 0 spiro atoms. The molecule has 0 radical (unpaired) electrons. The van der Waals surface area contributed by atoms with E-state index in [0.29, 0.717) is 0 Å². The minimum absolute atomic E-state index is 0.644. The van der Waals surface area contributed by atoms with Gasteiger partial charge in [0.25, 0.3) is 0 Å². The third-order valence-corrected chi connectivity index (χ3v) is 2.58. The molecule has 1 atom stereocenters. The first-order valence-corrected chi connectivity index (χ1v) is 5.40. The molecular formula is C13H14N2O2. The Kier molecular flexibility index (Phi) is 3.25. The molecule has 0 heterocycles. The molecule has 0 aliphatic rings. The molecule has 2 aromatic carbocycles. The Hall–Kier alpha value is -2.07. The molecule has 2 aromatic rings. The summed E-state index contributed by atoms with van der Waals surface area (Å²) in [4.78, 5) is 10.7. The number of carbonyl (C=O) groups is 1. The van der Waals surface area contributed by atoms with Crippen molar-refractivity contribution in [3.63, 3.8) is 0 Å². The third kappa shape index (κ3) is 2.54. The van der Waals surface area contributed by atoms with Crippen LogP contribution in [0.3, 0.4) is 0 Å². The second-order valence-electron chi connectivity index (χ2n) is 3.86. The lowest BCUT2D eigenvalue weighted by Crippen LogP contribution is -2.37. The van der Waals surface area contributed by atoms with Crippen LogP contribution in [-0.2, 0) is 4.79 Å². The highest BCUT2D eigenvalue weighted by Gasteiger charge is 2.09. The summed E-state index contributed by atoms with van der Waals surface area (Å²) in [6.07, 6.45) is 0. The minimum atomic E-state index is -0.891. The zero-order valence-electron chi connectivity index (χ0n) is 9.47. The second-order valence-corrected chi connectivity index (χ2v) is 3.86. The summed E-state index contributed by atoms with van der Waals surface area (Å²) in [5.41, 5.74) is 6.55. The van der Waals surface area contributed by atoms with Gasteiger partial charge in [-0.3, -0.25) is 4.79 Å². The van der Waals surface area contributed by atoms with Crippen molar-refractivity contribution >= 4 is 22.4 Å². The van der Waals surface area contributed by atoms with Crippen molar-refractivity contribution < 1.29 is 9.90 Å². The second kappa shape index (κ2) is 4.84. The monoisotopic (exact) mass is 230 g/mol. The number of nitrogens with one attached hydrogen (secondary N) is 2. The number of hydrazine groups is 1. The van der Waals surface area contributed by atoms with Gasteiger partial charge in [-0.1, -0.05) is 36.4 Å². The van der Waals surface area contributed by atoms with Gasteiger partial charge in [-0.05, 0) is 18.4 Å². The number of benzene rings is 2. The summed E-state index contributed by atoms with van der Waals surface area (Å²) in [5, 5.41) is 10.9. The van der Waals surface area contributed by atoms with Crippen molar-refractivity contribution in [2.75, 3.05) is 5.43 Å². The van der Waals surface area contributed by atoms with Crippen LogP contribution in [0.1, 0.15) is 6.92 Å². The number of carboxylic acid groups (broad SMARTS) is 1. The first-order valence-electron chi connectivity index (χ1n) is 5.40. The zero-order valence-corrected chi connectivity index (χ0v) is 9.47. The molecule has 3 N–H and O–H groups in total. The number of anilines is 1. The summed E-state index contributed by atoms with van der Waals surface area (Å²) in [6, 6.07) is 13.1. The fraction of sp³-hybridized carbons (Fsp3) is 0.154. The topological polar surface area (TPSA) is 61.4 Å². The highest BCUT2D eigenvalue weighted by molar-refractivity contribution is 5.93. The SMILES string of the molecule is CC(NNc1cccc2ccccc12)C(=O)O. The molecule has 0 aliphatic carbocycles. The van der Waals surface area contributed by atoms with Crippen LogP contribution < -0.4 is 10.9 Å². The van der Waals surface area contributed by atoms with Crippen molar-refractivity contribution in [3.05, 3.63) is 42.5 Å². The van der Waals surface area contributed by atoms with Crippen LogP contribution in [0.5, 0.6) is 0 Å². The van der Waals surface area contributed by atoms with Gasteiger partial charge in [-0.25, -0.2) is 5.43 Å². The standard InChI is InChI=1S/C13H14N2O2/c1-9(13(16)17)14-15-12-8-4-6-10-5-2-3-7-11(10)12/h2-9,14-15H,1H3,(H,16,17). The molecule has 0 aromatic heterocycles. The number of carboxylic acids is 1. The predicted octanol–water partition coefficient (Wildman–Crippen LogP) is 2.23. The normalized spacial score (nSPS) is 12.3. The molecule has 0 bridgehead atoms. The molecule has 0 fully saturated rings. The van der Waals surface area contributed by atoms with E-state index in [0.717, 1.165) is 16.5 Å². The van der Waals surface area contributed by atoms with Crippen LogP contribution in [0.2, 0.25) is 0 Å². The number of hydrogen-bond donors (Lipinski definition) is 3. The Morgan fingerprint density at radius 3 is 2.65 bits per heavy atom. The van der Waals surface area contributed by atoms with Gasteiger partial charge in [0.2, 0.25) is 0 Å². The van der Waals surface area contributed by atoms with Gasteiger partial charge >= 0.3 is 5.97 Å². The average Bonchev–Trinajstić information content (AvgIpc) is 2.35. The van der Waals surface area contributed by atoms with E-state index in [9.17, 15) is 4.79 Å². The molecule has 4 nitrogen and oxygen atoms in total. The van der Waals surface area contributed by atoms with Gasteiger partial charge in [-0.15, -0.1) is 0 Å². The Balaban J connectivity index is 2.21. The van der Waals surface area contributed by atoms with E-state index < -0.39 is 12.0 Å². The molecule has 0 saturated carbocycles. The van der Waals surface area contributed by atoms with Crippen LogP contribution in [-0.4, -0.2) is 17.1 Å². The largest absolute Gasteiger partial charge is 0.480 e. The van der Waals surface area contributed by atoms with Crippen molar-refractivity contribution in [2.45, 2.75) is 13.0 Å². The molecule has 0 aliphatic heterocycles. The Morgan fingerprint density at radius 2 is 1.88 bits per heavy atom. The van der Waals surface area contributed by atoms with E-state index >= 15 is 0 Å². The Morgan fingerprint density at radius 1 is 1.18 bits per heavy atom. The lowest BCUT2D eigenvalue weighted by atomic mass is 10.1. The zero-order chi connectivity index (χ0) is 12.3. The lowest BCUT2D eigenvalue weighted by Gasteiger charge is -2.13. The Labute approximate surface area is 99.2 Å². The molecule has 1 unspecified atom stereocenters. The molecular weight excluding hydrogens is 216 g/mol. The van der Waals surface area contributed by atoms with Crippen molar-refractivity contribution in [3.8, 4) is 0 Å². The summed E-state index contributed by atoms with van der Waals surface area (Å²) in [7, 11) is 0. The molecule has 17 heavy (non-hydrogen) atoms. The van der Waals surface area contributed by atoms with Crippen LogP contribution >= 0.6 is 0 Å². The number of hydrogen-bond acceptors (Lipinski definition) is 3. The van der Waals surface area contributed by atoms with E-state index in [-0.39, 0.29) is 0 Å². The van der Waals surface area contributed by atoms with Gasteiger partial charge in [-0.2, -0.15) is 0 Å². The molecule has 88 valence electrons. The fourth-order valence-electron chi connectivity index (χ4n) is 1.58. The first kappa shape index (κ1) is 11.4. The molecule has 0 amide bonds. The van der Waals surface area contributed by atoms with E-state index in [1.807, 2.05) is 42.5 Å². The van der Waals surface area contributed by atoms with Crippen LogP contribution in [0.25, 0.3) is 10.8 Å². The first-order chi connectivity index (χ1) is 8.18. The summed E-state index contributed by atoms with van der Waals surface area (Å²) >= 11 is 0. The van der Waals surface area contributed by atoms with Crippen LogP contribution in [0.15, 0.2) is 42.5 Å². The number of fused-ring (bicyclic) bond motifs is 1. The maximum absolute atomic E-state index is 10.7. The van der Waals surface area contributed by atoms with E-state index in [1.54, 1.807) is 6.92 Å². The molecule has 2 rings (SSSR count). The Bertz CT molecular complexity index is 534. The van der Waals surface area contributed by atoms with Gasteiger partial charge in [0, 0.05) is 5.39 Å². The van der Waals surface area contributed by atoms with Crippen molar-refractivity contribution in [1.29, 1.82) is 0 Å². The average molecular weight is 230 g/mol. The highest BCUT2D eigenvalue weighted by atomic mass is 16.4. The predicted molar refractivity (Wildman–Crippen MR) is 67.8 cm³/mol. The van der Waals surface area contributed by atoms with E-state index in [2.05, 4.69) is 10.9 Å². The van der Waals surface area contributed by atoms with Crippen LogP contribution in [0.4, 0.5) is 5.69 Å². The summed E-state index contributed by atoms with van der Waals surface area (Å²) in [6.45, 7) is 1.58. The lowest BCUT2D eigenvalue weighted by molar-refractivity contribution is -0.138. The van der Waals surface area contributed by atoms with Crippen molar-refractivity contribution in [2.24, 2.45) is 0 Å². The van der Waals surface area contributed by atoms with Gasteiger partial charge in [0.05, 0.1) is 5.69 Å². The van der Waals surface area contributed by atoms with E-state index in [4.69, 9.17) is 5.11 Å².